The normalized spacial score (nSPS) is 29.9. The number of halogens is 4. The van der Waals surface area contributed by atoms with Gasteiger partial charge in [0.05, 0.1) is 11.3 Å². The fourth-order valence-corrected chi connectivity index (χ4v) is 1.60. The van der Waals surface area contributed by atoms with Gasteiger partial charge in [0.2, 0.25) is 5.89 Å². The first-order valence-electron chi connectivity index (χ1n) is 4.47. The molecule has 0 bridgehead atoms. The van der Waals surface area contributed by atoms with Crippen molar-refractivity contribution in [2.45, 2.75) is 37.2 Å². The number of nitrogens with zero attached hydrogens (tertiary/aromatic N) is 1. The van der Waals surface area contributed by atoms with E-state index in [4.69, 9.17) is 16.0 Å². The molecule has 2 nitrogen and oxygen atoms in total. The second-order valence-corrected chi connectivity index (χ2v) is 4.12. The summed E-state index contributed by atoms with van der Waals surface area (Å²) in [6.45, 7) is 1.59. The standard InChI is InChI=1S/C9H9ClF3NO/c1-9(2-5(9)11)8-14-6(7(12)13)4(3-10)15-8/h5,7H,2-3H2,1H3. The summed E-state index contributed by atoms with van der Waals surface area (Å²) in [5.74, 6) is -0.220. The number of rotatable bonds is 3. The van der Waals surface area contributed by atoms with Gasteiger partial charge in [-0.25, -0.2) is 18.2 Å². The van der Waals surface area contributed by atoms with Crippen LogP contribution in [0.25, 0.3) is 0 Å². The summed E-state index contributed by atoms with van der Waals surface area (Å²) in [5, 5.41) is 0. The summed E-state index contributed by atoms with van der Waals surface area (Å²) >= 11 is 5.44. The molecule has 0 saturated heterocycles. The molecule has 1 fully saturated rings. The van der Waals surface area contributed by atoms with Crippen LogP contribution in [0.3, 0.4) is 0 Å². The van der Waals surface area contributed by atoms with Crippen LogP contribution in [0.5, 0.6) is 0 Å². The van der Waals surface area contributed by atoms with Crippen molar-refractivity contribution in [3.05, 3.63) is 17.3 Å². The Morgan fingerprint density at radius 1 is 1.67 bits per heavy atom. The molecule has 1 aromatic heterocycles. The van der Waals surface area contributed by atoms with E-state index in [1.54, 1.807) is 6.92 Å². The van der Waals surface area contributed by atoms with Gasteiger partial charge in [0.25, 0.3) is 6.43 Å². The molecule has 15 heavy (non-hydrogen) atoms. The van der Waals surface area contributed by atoms with E-state index in [0.717, 1.165) is 0 Å². The second kappa shape index (κ2) is 3.40. The lowest BCUT2D eigenvalue weighted by atomic mass is 10.1. The van der Waals surface area contributed by atoms with Gasteiger partial charge < -0.3 is 4.42 Å². The van der Waals surface area contributed by atoms with Crippen molar-refractivity contribution < 1.29 is 17.6 Å². The zero-order chi connectivity index (χ0) is 11.2. The van der Waals surface area contributed by atoms with Gasteiger partial charge in [0.1, 0.15) is 17.6 Å². The molecule has 2 atom stereocenters. The Bertz CT molecular complexity index is 381. The van der Waals surface area contributed by atoms with Gasteiger partial charge in [0.15, 0.2) is 0 Å². The average Bonchev–Trinajstić information content (AvgIpc) is 2.68. The van der Waals surface area contributed by atoms with E-state index in [0.29, 0.717) is 0 Å². The number of aromatic nitrogens is 1. The van der Waals surface area contributed by atoms with E-state index in [2.05, 4.69) is 4.98 Å². The van der Waals surface area contributed by atoms with E-state index in [1.165, 1.54) is 0 Å². The van der Waals surface area contributed by atoms with Crippen molar-refractivity contribution in [1.29, 1.82) is 0 Å². The highest BCUT2D eigenvalue weighted by Gasteiger charge is 2.56. The first-order valence-corrected chi connectivity index (χ1v) is 5.00. The average molecular weight is 240 g/mol. The molecular formula is C9H9ClF3NO. The summed E-state index contributed by atoms with van der Waals surface area (Å²) in [7, 11) is 0. The topological polar surface area (TPSA) is 26.0 Å². The Labute approximate surface area is 89.4 Å². The highest BCUT2D eigenvalue weighted by atomic mass is 35.5. The lowest BCUT2D eigenvalue weighted by Crippen LogP contribution is -2.05. The van der Waals surface area contributed by atoms with E-state index >= 15 is 0 Å². The van der Waals surface area contributed by atoms with Crippen LogP contribution in [0.15, 0.2) is 4.42 Å². The van der Waals surface area contributed by atoms with E-state index < -0.39 is 23.7 Å². The molecule has 2 unspecified atom stereocenters. The number of hydrogen-bond acceptors (Lipinski definition) is 2. The largest absolute Gasteiger partial charge is 0.443 e. The zero-order valence-corrected chi connectivity index (χ0v) is 8.69. The van der Waals surface area contributed by atoms with Crippen molar-refractivity contribution in [2.75, 3.05) is 0 Å². The maximum atomic E-state index is 13.0. The molecule has 6 heteroatoms. The fourth-order valence-electron chi connectivity index (χ4n) is 1.41. The maximum Gasteiger partial charge on any atom is 0.283 e. The van der Waals surface area contributed by atoms with E-state index in [1.807, 2.05) is 0 Å². The van der Waals surface area contributed by atoms with Crippen molar-refractivity contribution in [1.82, 2.24) is 4.98 Å². The molecule has 1 saturated carbocycles. The summed E-state index contributed by atoms with van der Waals surface area (Å²) < 4.78 is 42.9. The number of oxazole rings is 1. The van der Waals surface area contributed by atoms with Gasteiger partial charge in [0, 0.05) is 0 Å². The molecule has 0 aromatic carbocycles. The molecule has 0 aliphatic heterocycles. The highest BCUT2D eigenvalue weighted by Crippen LogP contribution is 2.50. The van der Waals surface area contributed by atoms with Crippen LogP contribution in [-0.4, -0.2) is 11.2 Å². The van der Waals surface area contributed by atoms with Gasteiger partial charge in [-0.15, -0.1) is 11.6 Å². The van der Waals surface area contributed by atoms with E-state index in [-0.39, 0.29) is 24.0 Å². The van der Waals surface area contributed by atoms with Gasteiger partial charge >= 0.3 is 0 Å². The van der Waals surface area contributed by atoms with Gasteiger partial charge in [-0.3, -0.25) is 0 Å². The quantitative estimate of drug-likeness (QED) is 0.756. The first-order chi connectivity index (χ1) is 6.99. The Morgan fingerprint density at radius 2 is 2.27 bits per heavy atom. The van der Waals surface area contributed by atoms with Crippen molar-refractivity contribution in [3.63, 3.8) is 0 Å². The molecular weight excluding hydrogens is 231 g/mol. The van der Waals surface area contributed by atoms with Crippen LogP contribution in [0.4, 0.5) is 13.2 Å². The van der Waals surface area contributed by atoms with Crippen molar-refractivity contribution in [3.8, 4) is 0 Å². The molecule has 1 aliphatic rings. The van der Waals surface area contributed by atoms with Crippen LogP contribution in [0.2, 0.25) is 0 Å². The lowest BCUT2D eigenvalue weighted by molar-refractivity contribution is 0.144. The summed E-state index contributed by atoms with van der Waals surface area (Å²) in [4.78, 5) is 3.62. The third kappa shape index (κ3) is 1.62. The predicted molar refractivity (Wildman–Crippen MR) is 47.9 cm³/mol. The Balaban J connectivity index is 2.35. The summed E-state index contributed by atoms with van der Waals surface area (Å²) in [5.41, 5.74) is -1.31. The van der Waals surface area contributed by atoms with Gasteiger partial charge in [-0.2, -0.15) is 0 Å². The fraction of sp³-hybridized carbons (Fsp3) is 0.667. The molecule has 0 amide bonds. The Kier molecular flexibility index (Phi) is 2.45. The predicted octanol–water partition coefficient (Wildman–Crippen LogP) is 3.35. The minimum atomic E-state index is -2.74. The minimum Gasteiger partial charge on any atom is -0.443 e. The number of alkyl halides is 4. The monoisotopic (exact) mass is 239 g/mol. The maximum absolute atomic E-state index is 13.0. The van der Waals surface area contributed by atoms with E-state index in [9.17, 15) is 13.2 Å². The smallest absolute Gasteiger partial charge is 0.283 e. The Hall–Kier alpha value is -0.710. The zero-order valence-electron chi connectivity index (χ0n) is 7.94. The van der Waals surface area contributed by atoms with Crippen molar-refractivity contribution in [2.24, 2.45) is 0 Å². The van der Waals surface area contributed by atoms with Crippen LogP contribution < -0.4 is 0 Å². The SMILES string of the molecule is CC1(c2nc(C(F)F)c(CCl)o2)CC1F. The van der Waals surface area contributed by atoms with Gasteiger partial charge in [-0.05, 0) is 13.3 Å². The molecule has 0 radical (unpaired) electrons. The third-order valence-electron chi connectivity index (χ3n) is 2.68. The molecule has 2 rings (SSSR count). The first kappa shape index (κ1) is 10.8. The molecule has 0 spiro atoms. The summed E-state index contributed by atoms with van der Waals surface area (Å²) in [6, 6.07) is 0. The summed E-state index contributed by atoms with van der Waals surface area (Å²) in [6.07, 6.45) is -3.54. The second-order valence-electron chi connectivity index (χ2n) is 3.85. The lowest BCUT2D eigenvalue weighted by Gasteiger charge is -2.00. The van der Waals surface area contributed by atoms with Crippen LogP contribution in [0.1, 0.15) is 37.1 Å². The molecule has 84 valence electrons. The minimum absolute atomic E-state index is 0.0287. The number of hydrogen-bond donors (Lipinski definition) is 0. The third-order valence-corrected chi connectivity index (χ3v) is 2.92. The van der Waals surface area contributed by atoms with Crippen molar-refractivity contribution >= 4 is 11.6 Å². The molecule has 1 aromatic rings. The molecule has 0 N–H and O–H groups in total. The Morgan fingerprint density at radius 3 is 2.60 bits per heavy atom. The van der Waals surface area contributed by atoms with Crippen LogP contribution >= 0.6 is 11.6 Å². The van der Waals surface area contributed by atoms with Crippen LogP contribution in [0, 0.1) is 0 Å². The molecule has 1 aliphatic carbocycles. The van der Waals surface area contributed by atoms with Crippen LogP contribution in [-0.2, 0) is 11.3 Å². The highest BCUT2D eigenvalue weighted by molar-refractivity contribution is 6.16. The molecule has 1 heterocycles. The van der Waals surface area contributed by atoms with Gasteiger partial charge in [-0.1, -0.05) is 0 Å².